The smallest absolute Gasteiger partial charge is 0.238 e. The molecular formula is C17H21FN2O4S. The Morgan fingerprint density at radius 3 is 2.20 bits per heavy atom. The lowest BCUT2D eigenvalue weighted by molar-refractivity contribution is 0.199. The molecule has 0 fully saturated rings. The molecule has 2 aromatic carbocycles. The maximum absolute atomic E-state index is 13.4. The van der Waals surface area contributed by atoms with E-state index in [9.17, 15) is 12.8 Å². The molecule has 2 N–H and O–H groups in total. The van der Waals surface area contributed by atoms with Crippen LogP contribution < -0.4 is 14.6 Å². The van der Waals surface area contributed by atoms with Crippen molar-refractivity contribution >= 4 is 10.0 Å². The van der Waals surface area contributed by atoms with Crippen molar-refractivity contribution in [3.63, 3.8) is 0 Å². The summed E-state index contributed by atoms with van der Waals surface area (Å²) in [6, 6.07) is 12.2. The van der Waals surface area contributed by atoms with Crippen LogP contribution in [0.4, 0.5) is 4.39 Å². The second kappa shape index (κ2) is 8.80. The van der Waals surface area contributed by atoms with E-state index in [1.807, 2.05) is 11.9 Å². The average Bonchev–Trinajstić information content (AvgIpc) is 2.56. The van der Waals surface area contributed by atoms with E-state index in [1.165, 1.54) is 18.2 Å². The first-order valence-corrected chi connectivity index (χ1v) is 9.22. The predicted molar refractivity (Wildman–Crippen MR) is 92.7 cm³/mol. The van der Waals surface area contributed by atoms with E-state index in [0.717, 1.165) is 0 Å². The van der Waals surface area contributed by atoms with Crippen molar-refractivity contribution in [3.05, 3.63) is 54.3 Å². The number of benzene rings is 2. The Morgan fingerprint density at radius 2 is 1.60 bits per heavy atom. The first kappa shape index (κ1) is 19.2. The third kappa shape index (κ3) is 6.33. The van der Waals surface area contributed by atoms with Crippen LogP contribution in [0.1, 0.15) is 0 Å². The molecule has 25 heavy (non-hydrogen) atoms. The van der Waals surface area contributed by atoms with Crippen LogP contribution in [0, 0.1) is 5.82 Å². The number of sulfonamides is 1. The number of halogens is 1. The summed E-state index contributed by atoms with van der Waals surface area (Å²) in [5, 5.41) is 5.03. The molecule has 0 saturated carbocycles. The van der Waals surface area contributed by atoms with Gasteiger partial charge in [0.25, 0.3) is 0 Å². The van der Waals surface area contributed by atoms with Crippen LogP contribution in [0.3, 0.4) is 0 Å². The molecule has 8 heteroatoms. The van der Waals surface area contributed by atoms with Gasteiger partial charge in [-0.2, -0.15) is 0 Å². The molecule has 2 rings (SSSR count). The van der Waals surface area contributed by atoms with Gasteiger partial charge >= 0.3 is 0 Å². The average molecular weight is 368 g/mol. The van der Waals surface area contributed by atoms with Gasteiger partial charge in [0.15, 0.2) is 11.6 Å². The van der Waals surface area contributed by atoms with Gasteiger partial charge in [0.05, 0.1) is 4.90 Å². The quantitative estimate of drug-likeness (QED) is 0.731. The Balaban J connectivity index is 1.68. The highest BCUT2D eigenvalue weighted by Crippen LogP contribution is 2.16. The minimum atomic E-state index is -3.69. The lowest BCUT2D eigenvalue weighted by atomic mass is 10.3. The zero-order valence-electron chi connectivity index (χ0n) is 13.9. The van der Waals surface area contributed by atoms with Crippen molar-refractivity contribution in [2.24, 2.45) is 5.14 Å². The first-order chi connectivity index (χ1) is 11.9. The highest BCUT2D eigenvalue weighted by Gasteiger charge is 2.07. The third-order valence-electron chi connectivity index (χ3n) is 3.46. The number of para-hydroxylation sites is 1. The van der Waals surface area contributed by atoms with Crippen LogP contribution in [0.5, 0.6) is 11.5 Å². The zero-order chi connectivity index (χ0) is 18.3. The van der Waals surface area contributed by atoms with Crippen molar-refractivity contribution in [2.45, 2.75) is 4.90 Å². The third-order valence-corrected chi connectivity index (χ3v) is 4.39. The molecular weight excluding hydrogens is 347 g/mol. The molecule has 2 aromatic rings. The van der Waals surface area contributed by atoms with E-state index >= 15 is 0 Å². The number of nitrogens with zero attached hydrogens (tertiary/aromatic N) is 1. The molecule has 6 nitrogen and oxygen atoms in total. The van der Waals surface area contributed by atoms with Crippen LogP contribution in [-0.2, 0) is 10.0 Å². The molecule has 0 atom stereocenters. The van der Waals surface area contributed by atoms with E-state index < -0.39 is 10.0 Å². The Morgan fingerprint density at radius 1 is 1.00 bits per heavy atom. The maximum atomic E-state index is 13.4. The van der Waals surface area contributed by atoms with Gasteiger partial charge in [-0.05, 0) is 43.4 Å². The van der Waals surface area contributed by atoms with E-state index in [-0.39, 0.29) is 16.5 Å². The summed E-state index contributed by atoms with van der Waals surface area (Å²) >= 11 is 0. The molecule has 0 amide bonds. The molecule has 0 heterocycles. The topological polar surface area (TPSA) is 81.9 Å². The summed E-state index contributed by atoms with van der Waals surface area (Å²) in [5.41, 5.74) is 0. The predicted octanol–water partition coefficient (Wildman–Crippen LogP) is 1.86. The molecule has 0 bridgehead atoms. The van der Waals surface area contributed by atoms with Crippen molar-refractivity contribution in [1.29, 1.82) is 0 Å². The van der Waals surface area contributed by atoms with Crippen molar-refractivity contribution < 1.29 is 22.3 Å². The summed E-state index contributed by atoms with van der Waals surface area (Å²) in [6.07, 6.45) is 0. The van der Waals surface area contributed by atoms with Gasteiger partial charge in [0.2, 0.25) is 10.0 Å². The van der Waals surface area contributed by atoms with Crippen LogP contribution in [0.25, 0.3) is 0 Å². The van der Waals surface area contributed by atoms with Gasteiger partial charge < -0.3 is 9.47 Å². The number of ether oxygens (including phenoxy) is 2. The lowest BCUT2D eigenvalue weighted by Gasteiger charge is -2.17. The number of primary sulfonamides is 1. The van der Waals surface area contributed by atoms with Gasteiger partial charge in [0, 0.05) is 13.1 Å². The molecule has 0 unspecified atom stereocenters. The van der Waals surface area contributed by atoms with Crippen molar-refractivity contribution in [1.82, 2.24) is 4.90 Å². The molecule has 136 valence electrons. The lowest BCUT2D eigenvalue weighted by Crippen LogP contribution is -2.28. The van der Waals surface area contributed by atoms with Gasteiger partial charge in [-0.3, -0.25) is 4.90 Å². The van der Waals surface area contributed by atoms with Gasteiger partial charge in [-0.1, -0.05) is 12.1 Å². The summed E-state index contributed by atoms with van der Waals surface area (Å²) in [6.45, 7) is 2.03. The SMILES string of the molecule is CN(CCOc1ccc(S(N)(=O)=O)cc1)CCOc1ccccc1F. The van der Waals surface area contributed by atoms with E-state index in [1.54, 1.807) is 30.3 Å². The van der Waals surface area contributed by atoms with Crippen LogP contribution in [-0.4, -0.2) is 46.7 Å². The number of likely N-dealkylation sites (N-methyl/N-ethyl adjacent to an activating group) is 1. The molecule has 0 aliphatic carbocycles. The Hall–Kier alpha value is -2.16. The van der Waals surface area contributed by atoms with Crippen LogP contribution >= 0.6 is 0 Å². The zero-order valence-corrected chi connectivity index (χ0v) is 14.7. The van der Waals surface area contributed by atoms with E-state index in [0.29, 0.717) is 32.1 Å². The fraction of sp³-hybridized carbons (Fsp3) is 0.294. The Bertz CT molecular complexity index is 781. The number of rotatable bonds is 9. The molecule has 0 aliphatic rings. The highest BCUT2D eigenvalue weighted by molar-refractivity contribution is 7.89. The second-order valence-electron chi connectivity index (χ2n) is 5.45. The number of hydrogen-bond donors (Lipinski definition) is 1. The minimum absolute atomic E-state index is 0.0438. The van der Waals surface area contributed by atoms with Crippen LogP contribution in [0.15, 0.2) is 53.4 Å². The maximum Gasteiger partial charge on any atom is 0.238 e. The summed E-state index contributed by atoms with van der Waals surface area (Å²) < 4.78 is 46.7. The standard InChI is InChI=1S/C17H21FN2O4S/c1-20(11-13-24-17-5-3-2-4-16(17)18)10-12-23-14-6-8-15(9-7-14)25(19,21)22/h2-9H,10-13H2,1H3,(H2,19,21,22). The minimum Gasteiger partial charge on any atom is -0.492 e. The summed E-state index contributed by atoms with van der Waals surface area (Å²) in [4.78, 5) is 2.03. The first-order valence-electron chi connectivity index (χ1n) is 7.68. The summed E-state index contributed by atoms with van der Waals surface area (Å²) in [7, 11) is -1.79. The molecule has 0 spiro atoms. The fourth-order valence-electron chi connectivity index (χ4n) is 2.03. The Kier molecular flexibility index (Phi) is 6.74. The largest absolute Gasteiger partial charge is 0.492 e. The number of hydrogen-bond acceptors (Lipinski definition) is 5. The highest BCUT2D eigenvalue weighted by atomic mass is 32.2. The van der Waals surface area contributed by atoms with Crippen molar-refractivity contribution in [2.75, 3.05) is 33.4 Å². The Labute approximate surface area is 147 Å². The molecule has 0 saturated heterocycles. The molecule has 0 aliphatic heterocycles. The second-order valence-corrected chi connectivity index (χ2v) is 7.01. The van der Waals surface area contributed by atoms with Gasteiger partial charge in [0.1, 0.15) is 19.0 Å². The summed E-state index contributed by atoms with van der Waals surface area (Å²) in [5.74, 6) is 0.418. The monoisotopic (exact) mass is 368 g/mol. The normalized spacial score (nSPS) is 11.5. The fourth-order valence-corrected chi connectivity index (χ4v) is 2.55. The van der Waals surface area contributed by atoms with Gasteiger partial charge in [-0.25, -0.2) is 17.9 Å². The van der Waals surface area contributed by atoms with E-state index in [2.05, 4.69) is 0 Å². The van der Waals surface area contributed by atoms with Crippen LogP contribution in [0.2, 0.25) is 0 Å². The molecule has 0 radical (unpaired) electrons. The van der Waals surface area contributed by atoms with Crippen molar-refractivity contribution in [3.8, 4) is 11.5 Å². The van der Waals surface area contributed by atoms with E-state index in [4.69, 9.17) is 14.6 Å². The van der Waals surface area contributed by atoms with Gasteiger partial charge in [-0.15, -0.1) is 0 Å². The molecule has 0 aromatic heterocycles. The number of nitrogens with two attached hydrogens (primary N) is 1.